The number of hydrogen-bond acceptors (Lipinski definition) is 2. The number of nitro groups is 1. The quantitative estimate of drug-likeness (QED) is 0.589. The number of benzene rings is 1. The summed E-state index contributed by atoms with van der Waals surface area (Å²) in [4.78, 5) is 10.1. The van der Waals surface area contributed by atoms with Crippen LogP contribution in [0.2, 0.25) is 0 Å². The van der Waals surface area contributed by atoms with Crippen molar-refractivity contribution in [3.63, 3.8) is 0 Å². The Morgan fingerprint density at radius 2 is 2.23 bits per heavy atom. The first kappa shape index (κ1) is 9.92. The first-order valence-electron chi connectivity index (χ1n) is 3.63. The molecule has 0 heterocycles. The second kappa shape index (κ2) is 3.70. The number of nitrogens with zero attached hydrogens (tertiary/aromatic N) is 1. The van der Waals surface area contributed by atoms with E-state index in [0.717, 1.165) is 11.1 Å². The number of hydrogen-bond donors (Lipinski definition) is 0. The highest BCUT2D eigenvalue weighted by Crippen LogP contribution is 2.27. The molecule has 0 amide bonds. The van der Waals surface area contributed by atoms with Gasteiger partial charge in [0.2, 0.25) is 0 Å². The van der Waals surface area contributed by atoms with Gasteiger partial charge in [-0.3, -0.25) is 10.1 Å². The number of aryl methyl sites for hydroxylation is 1. The highest BCUT2D eigenvalue weighted by atomic mass is 79.9. The zero-order valence-corrected chi connectivity index (χ0v) is 8.67. The third-order valence-electron chi connectivity index (χ3n) is 1.74. The van der Waals surface area contributed by atoms with Crippen LogP contribution < -0.4 is 0 Å². The average molecular weight is 242 g/mol. The molecular weight excluding hydrogens is 234 g/mol. The summed E-state index contributed by atoms with van der Waals surface area (Å²) in [5, 5.41) is 10.5. The zero-order valence-electron chi connectivity index (χ0n) is 7.08. The van der Waals surface area contributed by atoms with E-state index in [1.54, 1.807) is 6.08 Å². The first-order chi connectivity index (χ1) is 6.06. The van der Waals surface area contributed by atoms with Gasteiger partial charge in [-0.15, -0.1) is 0 Å². The minimum Gasteiger partial charge on any atom is -0.258 e. The van der Waals surface area contributed by atoms with Crippen LogP contribution in [-0.4, -0.2) is 4.92 Å². The predicted octanol–water partition coefficient (Wildman–Crippen LogP) is 3.31. The Morgan fingerprint density at radius 1 is 1.62 bits per heavy atom. The van der Waals surface area contributed by atoms with Crippen molar-refractivity contribution >= 4 is 27.7 Å². The fourth-order valence-electron chi connectivity index (χ4n) is 1.10. The summed E-state index contributed by atoms with van der Waals surface area (Å²) in [6.45, 7) is 5.44. The zero-order chi connectivity index (χ0) is 10.0. The second-order valence-electron chi connectivity index (χ2n) is 2.62. The van der Waals surface area contributed by atoms with Crippen molar-refractivity contribution in [2.45, 2.75) is 6.92 Å². The van der Waals surface area contributed by atoms with Gasteiger partial charge in [-0.05, 0) is 34.0 Å². The normalized spacial score (nSPS) is 9.69. The van der Waals surface area contributed by atoms with Gasteiger partial charge in [-0.25, -0.2) is 0 Å². The molecule has 3 nitrogen and oxygen atoms in total. The lowest BCUT2D eigenvalue weighted by atomic mass is 10.1. The summed E-state index contributed by atoms with van der Waals surface area (Å²) < 4.78 is 0.703. The summed E-state index contributed by atoms with van der Waals surface area (Å²) in [5.41, 5.74) is 1.83. The van der Waals surface area contributed by atoms with Crippen LogP contribution in [0.5, 0.6) is 0 Å². The lowest BCUT2D eigenvalue weighted by Crippen LogP contribution is -1.91. The van der Waals surface area contributed by atoms with E-state index >= 15 is 0 Å². The predicted molar refractivity (Wildman–Crippen MR) is 55.6 cm³/mol. The van der Waals surface area contributed by atoms with Crippen LogP contribution in [0.3, 0.4) is 0 Å². The molecule has 0 spiro atoms. The Balaban J connectivity index is 3.36. The average Bonchev–Trinajstić information content (AvgIpc) is 2.03. The van der Waals surface area contributed by atoms with Crippen LogP contribution in [0, 0.1) is 17.0 Å². The minimum absolute atomic E-state index is 0.0926. The lowest BCUT2D eigenvalue weighted by Gasteiger charge is -2.02. The Bertz CT molecular complexity index is 351. The SMILES string of the molecule is C=Cc1c(C)cc([N+](=O)[O-])cc1Br. The van der Waals surface area contributed by atoms with Crippen molar-refractivity contribution in [2.24, 2.45) is 0 Å². The first-order valence-corrected chi connectivity index (χ1v) is 4.42. The van der Waals surface area contributed by atoms with Crippen molar-refractivity contribution in [2.75, 3.05) is 0 Å². The van der Waals surface area contributed by atoms with Crippen molar-refractivity contribution < 1.29 is 4.92 Å². The monoisotopic (exact) mass is 241 g/mol. The summed E-state index contributed by atoms with van der Waals surface area (Å²) in [6, 6.07) is 3.01. The molecule has 0 aliphatic carbocycles. The van der Waals surface area contributed by atoms with Gasteiger partial charge in [0.05, 0.1) is 4.92 Å². The third kappa shape index (κ3) is 1.95. The molecule has 0 aliphatic heterocycles. The summed E-state index contributed by atoms with van der Waals surface area (Å²) >= 11 is 3.25. The van der Waals surface area contributed by atoms with Gasteiger partial charge in [0.1, 0.15) is 0 Å². The molecule has 68 valence electrons. The second-order valence-corrected chi connectivity index (χ2v) is 3.47. The molecule has 13 heavy (non-hydrogen) atoms. The van der Waals surface area contributed by atoms with E-state index in [-0.39, 0.29) is 5.69 Å². The largest absolute Gasteiger partial charge is 0.270 e. The van der Waals surface area contributed by atoms with E-state index in [0.29, 0.717) is 4.47 Å². The van der Waals surface area contributed by atoms with Crippen LogP contribution >= 0.6 is 15.9 Å². The third-order valence-corrected chi connectivity index (χ3v) is 2.39. The summed E-state index contributed by atoms with van der Waals surface area (Å²) in [7, 11) is 0. The molecule has 0 unspecified atom stereocenters. The van der Waals surface area contributed by atoms with E-state index in [2.05, 4.69) is 22.5 Å². The molecule has 0 radical (unpaired) electrons. The van der Waals surface area contributed by atoms with Crippen LogP contribution in [0.4, 0.5) is 5.69 Å². The molecule has 0 atom stereocenters. The van der Waals surface area contributed by atoms with Gasteiger partial charge in [-0.1, -0.05) is 12.7 Å². The Labute approximate surface area is 84.4 Å². The van der Waals surface area contributed by atoms with Gasteiger partial charge < -0.3 is 0 Å². The van der Waals surface area contributed by atoms with E-state index in [1.807, 2.05) is 6.92 Å². The standard InChI is InChI=1S/C9H8BrNO2/c1-3-8-6(2)4-7(11(12)13)5-9(8)10/h3-5H,1H2,2H3. The molecule has 0 aliphatic rings. The van der Waals surface area contributed by atoms with E-state index in [4.69, 9.17) is 0 Å². The number of rotatable bonds is 2. The van der Waals surface area contributed by atoms with Gasteiger partial charge in [0.25, 0.3) is 5.69 Å². The maximum atomic E-state index is 10.5. The highest BCUT2D eigenvalue weighted by molar-refractivity contribution is 9.10. The number of non-ortho nitro benzene ring substituents is 1. The molecule has 0 N–H and O–H groups in total. The van der Waals surface area contributed by atoms with Gasteiger partial charge in [0.15, 0.2) is 0 Å². The lowest BCUT2D eigenvalue weighted by molar-refractivity contribution is -0.385. The molecular formula is C9H8BrNO2. The fraction of sp³-hybridized carbons (Fsp3) is 0.111. The molecule has 1 aromatic carbocycles. The molecule has 4 heteroatoms. The van der Waals surface area contributed by atoms with Crippen molar-refractivity contribution in [1.82, 2.24) is 0 Å². The molecule has 0 fully saturated rings. The summed E-state index contributed by atoms with van der Waals surface area (Å²) in [6.07, 6.45) is 1.67. The van der Waals surface area contributed by atoms with Gasteiger partial charge in [-0.2, -0.15) is 0 Å². The van der Waals surface area contributed by atoms with E-state index < -0.39 is 4.92 Å². The molecule has 1 aromatic rings. The smallest absolute Gasteiger partial charge is 0.258 e. The maximum Gasteiger partial charge on any atom is 0.270 e. The maximum absolute atomic E-state index is 10.5. The van der Waals surface area contributed by atoms with Crippen LogP contribution in [0.15, 0.2) is 23.2 Å². The molecule has 0 bridgehead atoms. The Morgan fingerprint density at radius 3 is 2.62 bits per heavy atom. The van der Waals surface area contributed by atoms with Crippen LogP contribution in [0.1, 0.15) is 11.1 Å². The van der Waals surface area contributed by atoms with Crippen molar-refractivity contribution in [3.05, 3.63) is 44.4 Å². The number of nitro benzene ring substituents is 1. The molecule has 0 saturated carbocycles. The van der Waals surface area contributed by atoms with Gasteiger partial charge >= 0.3 is 0 Å². The number of halogens is 1. The summed E-state index contributed by atoms with van der Waals surface area (Å²) in [5.74, 6) is 0. The Kier molecular flexibility index (Phi) is 2.83. The van der Waals surface area contributed by atoms with E-state index in [1.165, 1.54) is 12.1 Å². The van der Waals surface area contributed by atoms with Crippen molar-refractivity contribution in [3.8, 4) is 0 Å². The fourth-order valence-corrected chi connectivity index (χ4v) is 1.81. The topological polar surface area (TPSA) is 43.1 Å². The Hall–Kier alpha value is -1.16. The minimum atomic E-state index is -0.412. The van der Waals surface area contributed by atoms with Crippen LogP contribution in [0.25, 0.3) is 6.08 Å². The molecule has 0 saturated heterocycles. The highest BCUT2D eigenvalue weighted by Gasteiger charge is 2.10. The van der Waals surface area contributed by atoms with Crippen molar-refractivity contribution in [1.29, 1.82) is 0 Å². The van der Waals surface area contributed by atoms with Crippen LogP contribution in [-0.2, 0) is 0 Å². The van der Waals surface area contributed by atoms with Gasteiger partial charge in [0, 0.05) is 16.6 Å². The molecule has 1 rings (SSSR count). The van der Waals surface area contributed by atoms with E-state index in [9.17, 15) is 10.1 Å². The molecule has 0 aromatic heterocycles.